The molecule has 0 saturated heterocycles. The third-order valence-corrected chi connectivity index (χ3v) is 3.51. The lowest BCUT2D eigenvalue weighted by molar-refractivity contribution is 0.514. The van der Waals surface area contributed by atoms with Gasteiger partial charge < -0.3 is 4.42 Å². The highest BCUT2D eigenvalue weighted by Gasteiger charge is 2.16. The Hall–Kier alpha value is -1.85. The van der Waals surface area contributed by atoms with Crippen LogP contribution >= 0.6 is 23.2 Å². The van der Waals surface area contributed by atoms with Gasteiger partial charge in [-0.25, -0.2) is 0 Å². The summed E-state index contributed by atoms with van der Waals surface area (Å²) in [4.78, 5) is 0. The van der Waals surface area contributed by atoms with E-state index in [0.717, 1.165) is 12.1 Å². The van der Waals surface area contributed by atoms with Crippen molar-refractivity contribution >= 4 is 23.2 Å². The number of rotatable bonds is 4. The molecule has 0 spiro atoms. The van der Waals surface area contributed by atoms with Crippen LogP contribution in [0.1, 0.15) is 18.4 Å². The zero-order chi connectivity index (χ0) is 14.8. The van der Waals surface area contributed by atoms with Crippen molar-refractivity contribution in [3.05, 3.63) is 52.0 Å². The topological polar surface area (TPSA) is 56.7 Å². The Balaban J connectivity index is 1.82. The van der Waals surface area contributed by atoms with Gasteiger partial charge >= 0.3 is 0 Å². The fourth-order valence-electron chi connectivity index (χ4n) is 1.90. The van der Waals surface area contributed by atoms with Gasteiger partial charge in [-0.1, -0.05) is 35.3 Å². The fraction of sp³-hybridized carbons (Fsp3) is 0.214. The molecule has 1 aromatic carbocycles. The lowest BCUT2D eigenvalue weighted by Crippen LogP contribution is -1.93. The SMILES string of the molecule is CCn1cc(Cl)c(-c2nnc(Cc3ccc(Cl)cc3)o2)n1. The van der Waals surface area contributed by atoms with E-state index in [0.29, 0.717) is 33.9 Å². The molecule has 2 aromatic heterocycles. The quantitative estimate of drug-likeness (QED) is 0.732. The summed E-state index contributed by atoms with van der Waals surface area (Å²) in [6.45, 7) is 2.71. The first kappa shape index (κ1) is 14.1. The van der Waals surface area contributed by atoms with E-state index in [4.69, 9.17) is 27.6 Å². The molecule has 0 atom stereocenters. The zero-order valence-electron chi connectivity index (χ0n) is 11.3. The number of hydrogen-bond acceptors (Lipinski definition) is 4. The first-order chi connectivity index (χ1) is 10.2. The average molecular weight is 323 g/mol. The van der Waals surface area contributed by atoms with Crippen LogP contribution in [0.4, 0.5) is 0 Å². The molecule has 0 fully saturated rings. The normalized spacial score (nSPS) is 11.0. The standard InChI is InChI=1S/C14H12Cl2N4O/c1-2-20-8-11(16)13(19-20)14-18-17-12(21-14)7-9-3-5-10(15)6-4-9/h3-6,8H,2,7H2,1H3. The first-order valence-corrected chi connectivity index (χ1v) is 7.21. The van der Waals surface area contributed by atoms with Gasteiger partial charge in [-0.15, -0.1) is 10.2 Å². The van der Waals surface area contributed by atoms with Crippen LogP contribution in [-0.2, 0) is 13.0 Å². The Morgan fingerprint density at radius 1 is 1.14 bits per heavy atom. The van der Waals surface area contributed by atoms with Gasteiger partial charge in [-0.2, -0.15) is 5.10 Å². The highest BCUT2D eigenvalue weighted by atomic mass is 35.5. The smallest absolute Gasteiger partial charge is 0.269 e. The largest absolute Gasteiger partial charge is 0.419 e. The van der Waals surface area contributed by atoms with E-state index < -0.39 is 0 Å². The molecule has 2 heterocycles. The lowest BCUT2D eigenvalue weighted by Gasteiger charge is -1.96. The molecule has 5 nitrogen and oxygen atoms in total. The van der Waals surface area contributed by atoms with Crippen LogP contribution in [-0.4, -0.2) is 20.0 Å². The van der Waals surface area contributed by atoms with E-state index in [1.165, 1.54) is 0 Å². The Bertz CT molecular complexity index is 749. The van der Waals surface area contributed by atoms with Gasteiger partial charge in [0.2, 0.25) is 5.89 Å². The number of nitrogens with zero attached hydrogens (tertiary/aromatic N) is 4. The van der Waals surface area contributed by atoms with Crippen molar-refractivity contribution in [3.8, 4) is 11.6 Å². The second-order valence-electron chi connectivity index (χ2n) is 4.49. The minimum absolute atomic E-state index is 0.330. The molecule has 0 bridgehead atoms. The highest BCUT2D eigenvalue weighted by Crippen LogP contribution is 2.25. The lowest BCUT2D eigenvalue weighted by atomic mass is 10.1. The monoisotopic (exact) mass is 322 g/mol. The van der Waals surface area contributed by atoms with Crippen molar-refractivity contribution in [1.82, 2.24) is 20.0 Å². The molecule has 21 heavy (non-hydrogen) atoms. The summed E-state index contributed by atoms with van der Waals surface area (Å²) in [5.74, 6) is 0.839. The predicted molar refractivity (Wildman–Crippen MR) is 80.5 cm³/mol. The molecule has 0 N–H and O–H groups in total. The molecule has 0 aliphatic carbocycles. The summed E-state index contributed by atoms with van der Waals surface area (Å²) in [5, 5.41) is 13.5. The Morgan fingerprint density at radius 2 is 1.90 bits per heavy atom. The minimum atomic E-state index is 0.330. The van der Waals surface area contributed by atoms with Crippen molar-refractivity contribution in [2.75, 3.05) is 0 Å². The summed E-state index contributed by atoms with van der Waals surface area (Å²) >= 11 is 12.0. The van der Waals surface area contributed by atoms with Crippen LogP contribution in [0.2, 0.25) is 10.0 Å². The van der Waals surface area contributed by atoms with Crippen molar-refractivity contribution in [2.24, 2.45) is 0 Å². The summed E-state index contributed by atoms with van der Waals surface area (Å²) in [6, 6.07) is 7.50. The van der Waals surface area contributed by atoms with Crippen molar-refractivity contribution in [2.45, 2.75) is 19.9 Å². The van der Waals surface area contributed by atoms with Crippen LogP contribution in [0, 0.1) is 0 Å². The molecule has 3 rings (SSSR count). The highest BCUT2D eigenvalue weighted by molar-refractivity contribution is 6.32. The van der Waals surface area contributed by atoms with Gasteiger partial charge in [0.15, 0.2) is 5.69 Å². The third kappa shape index (κ3) is 3.09. The Morgan fingerprint density at radius 3 is 2.57 bits per heavy atom. The Labute approximate surface area is 131 Å². The van der Waals surface area contributed by atoms with Gasteiger partial charge in [-0.05, 0) is 24.6 Å². The van der Waals surface area contributed by atoms with Gasteiger partial charge in [0, 0.05) is 17.8 Å². The molecule has 0 unspecified atom stereocenters. The summed E-state index contributed by atoms with van der Waals surface area (Å²) < 4.78 is 7.35. The van der Waals surface area contributed by atoms with Gasteiger partial charge in [0.25, 0.3) is 5.89 Å². The number of hydrogen-bond donors (Lipinski definition) is 0. The predicted octanol–water partition coefficient (Wildman–Crippen LogP) is 3.85. The molecule has 0 saturated carbocycles. The van der Waals surface area contributed by atoms with Crippen molar-refractivity contribution in [1.29, 1.82) is 0 Å². The molecule has 0 radical (unpaired) electrons. The van der Waals surface area contributed by atoms with E-state index in [2.05, 4.69) is 15.3 Å². The first-order valence-electron chi connectivity index (χ1n) is 6.46. The fourth-order valence-corrected chi connectivity index (χ4v) is 2.26. The summed E-state index contributed by atoms with van der Waals surface area (Å²) in [7, 11) is 0. The Kier molecular flexibility index (Phi) is 3.94. The van der Waals surface area contributed by atoms with E-state index in [9.17, 15) is 0 Å². The maximum absolute atomic E-state index is 6.12. The molecule has 0 aliphatic rings. The van der Waals surface area contributed by atoms with Crippen LogP contribution in [0.15, 0.2) is 34.9 Å². The van der Waals surface area contributed by atoms with Gasteiger partial charge in [0.05, 0.1) is 11.4 Å². The molecule has 0 aliphatic heterocycles. The molecule has 7 heteroatoms. The van der Waals surface area contributed by atoms with E-state index in [1.807, 2.05) is 31.2 Å². The number of benzene rings is 1. The molecular weight excluding hydrogens is 311 g/mol. The minimum Gasteiger partial charge on any atom is -0.419 e. The van der Waals surface area contributed by atoms with Crippen molar-refractivity contribution in [3.63, 3.8) is 0 Å². The summed E-state index contributed by atoms with van der Waals surface area (Å²) in [6.07, 6.45) is 2.27. The average Bonchev–Trinajstić information content (AvgIpc) is 3.07. The van der Waals surface area contributed by atoms with Crippen molar-refractivity contribution < 1.29 is 4.42 Å². The molecule has 3 aromatic rings. The second kappa shape index (κ2) is 5.87. The zero-order valence-corrected chi connectivity index (χ0v) is 12.8. The summed E-state index contributed by atoms with van der Waals surface area (Å²) in [5.41, 5.74) is 1.55. The maximum Gasteiger partial charge on any atom is 0.269 e. The maximum atomic E-state index is 6.12. The second-order valence-corrected chi connectivity index (χ2v) is 5.33. The number of aromatic nitrogens is 4. The van der Waals surface area contributed by atoms with Crippen LogP contribution < -0.4 is 0 Å². The molecule has 108 valence electrons. The van der Waals surface area contributed by atoms with E-state index in [-0.39, 0.29) is 0 Å². The van der Waals surface area contributed by atoms with E-state index >= 15 is 0 Å². The van der Waals surface area contributed by atoms with Crippen LogP contribution in [0.3, 0.4) is 0 Å². The van der Waals surface area contributed by atoms with Crippen LogP contribution in [0.5, 0.6) is 0 Å². The third-order valence-electron chi connectivity index (χ3n) is 2.98. The van der Waals surface area contributed by atoms with Gasteiger partial charge in [0.1, 0.15) is 0 Å². The van der Waals surface area contributed by atoms with Crippen LogP contribution in [0.25, 0.3) is 11.6 Å². The number of aryl methyl sites for hydroxylation is 1. The van der Waals surface area contributed by atoms with Gasteiger partial charge in [-0.3, -0.25) is 4.68 Å². The van der Waals surface area contributed by atoms with E-state index in [1.54, 1.807) is 10.9 Å². The molecule has 0 amide bonds. The number of halogens is 2. The molecular formula is C14H12Cl2N4O.